The zero-order chi connectivity index (χ0) is 13.9. The third-order valence-electron chi connectivity index (χ3n) is 4.74. The second kappa shape index (κ2) is 6.31. The average molecular weight is 282 g/mol. The van der Waals surface area contributed by atoms with Crippen molar-refractivity contribution in [3.05, 3.63) is 16.6 Å². The van der Waals surface area contributed by atoms with Crippen molar-refractivity contribution in [1.82, 2.24) is 15.3 Å². The number of nitrogens with one attached hydrogen (secondary N) is 1. The van der Waals surface area contributed by atoms with Gasteiger partial charge in [-0.15, -0.1) is 11.3 Å². The summed E-state index contributed by atoms with van der Waals surface area (Å²) in [5, 5.41) is 3.21. The number of rotatable bonds is 5. The van der Waals surface area contributed by atoms with Crippen LogP contribution in [0.1, 0.15) is 37.6 Å². The minimum Gasteiger partial charge on any atom is -0.302 e. The van der Waals surface area contributed by atoms with E-state index in [9.17, 15) is 0 Å². The van der Waals surface area contributed by atoms with Crippen LogP contribution in [0.15, 0.2) is 11.6 Å². The van der Waals surface area contributed by atoms with Gasteiger partial charge >= 0.3 is 0 Å². The maximum Gasteiger partial charge on any atom is 0.0941 e. The summed E-state index contributed by atoms with van der Waals surface area (Å²) in [6.07, 6.45) is 7.78. The second-order valence-electron chi connectivity index (χ2n) is 6.03. The lowest BCUT2D eigenvalue weighted by Crippen LogP contribution is -2.62. The monoisotopic (exact) mass is 282 g/mol. The highest BCUT2D eigenvalue weighted by atomic mass is 32.1. The van der Waals surface area contributed by atoms with E-state index in [-0.39, 0.29) is 11.6 Å². The van der Waals surface area contributed by atoms with Gasteiger partial charge in [-0.25, -0.2) is 4.98 Å². The van der Waals surface area contributed by atoms with E-state index in [4.69, 9.17) is 5.84 Å². The summed E-state index contributed by atoms with van der Waals surface area (Å²) in [4.78, 5) is 6.78. The van der Waals surface area contributed by atoms with E-state index in [2.05, 4.69) is 36.3 Å². The Morgan fingerprint density at radius 1 is 1.53 bits per heavy atom. The zero-order valence-corrected chi connectivity index (χ0v) is 13.0. The molecule has 0 aliphatic heterocycles. The number of nitrogens with zero attached hydrogens (tertiary/aromatic N) is 2. The lowest BCUT2D eigenvalue weighted by atomic mass is 9.71. The van der Waals surface area contributed by atoms with Crippen LogP contribution in [0.25, 0.3) is 0 Å². The molecule has 1 heterocycles. The quantitative estimate of drug-likeness (QED) is 0.641. The molecule has 0 spiro atoms. The molecule has 108 valence electrons. The first-order valence-electron chi connectivity index (χ1n) is 7.10. The van der Waals surface area contributed by atoms with Crippen molar-refractivity contribution >= 4 is 11.3 Å². The predicted molar refractivity (Wildman–Crippen MR) is 81.0 cm³/mol. The molecule has 0 amide bonds. The summed E-state index contributed by atoms with van der Waals surface area (Å²) in [6.45, 7) is 2.35. The van der Waals surface area contributed by atoms with Crippen molar-refractivity contribution in [2.75, 3.05) is 14.1 Å². The fraction of sp³-hybridized carbons (Fsp3) is 0.786. The van der Waals surface area contributed by atoms with Gasteiger partial charge in [0.2, 0.25) is 0 Å². The average Bonchev–Trinajstić information content (AvgIpc) is 2.90. The maximum absolute atomic E-state index is 5.88. The number of thiazole rings is 1. The second-order valence-corrected chi connectivity index (χ2v) is 7.01. The smallest absolute Gasteiger partial charge is 0.0941 e. The third-order valence-corrected chi connectivity index (χ3v) is 5.54. The molecule has 1 saturated carbocycles. The van der Waals surface area contributed by atoms with Crippen molar-refractivity contribution in [2.24, 2.45) is 11.8 Å². The number of likely N-dealkylation sites (N-methyl/N-ethyl adjacent to an activating group) is 1. The van der Waals surface area contributed by atoms with Gasteiger partial charge in [0, 0.05) is 29.6 Å². The van der Waals surface area contributed by atoms with E-state index in [1.165, 1.54) is 30.7 Å². The number of hydrogen-bond donors (Lipinski definition) is 2. The maximum atomic E-state index is 5.88. The molecular weight excluding hydrogens is 256 g/mol. The van der Waals surface area contributed by atoms with Crippen LogP contribution >= 0.6 is 11.3 Å². The van der Waals surface area contributed by atoms with Crippen LogP contribution in [0.4, 0.5) is 0 Å². The fourth-order valence-corrected chi connectivity index (χ4v) is 3.97. The summed E-state index contributed by atoms with van der Waals surface area (Å²) in [5.41, 5.74) is 3.23. The van der Waals surface area contributed by atoms with Crippen molar-refractivity contribution in [1.29, 1.82) is 0 Å². The number of hydrogen-bond acceptors (Lipinski definition) is 5. The standard InChI is InChI=1S/C14H26N4S/c1-11-4-6-14(7-5-11,18(2)3)12(17-15)10-13-16-8-9-19-13/h8-9,11-12,17H,4-7,10,15H2,1-3H3. The normalized spacial score (nSPS) is 29.6. The highest BCUT2D eigenvalue weighted by molar-refractivity contribution is 7.09. The summed E-state index contributed by atoms with van der Waals surface area (Å²) in [7, 11) is 4.37. The third kappa shape index (κ3) is 3.16. The van der Waals surface area contributed by atoms with Crippen LogP contribution in [-0.2, 0) is 6.42 Å². The molecule has 19 heavy (non-hydrogen) atoms. The highest BCUT2D eigenvalue weighted by Gasteiger charge is 2.42. The highest BCUT2D eigenvalue weighted by Crippen LogP contribution is 2.38. The van der Waals surface area contributed by atoms with Crippen molar-refractivity contribution in [2.45, 2.75) is 50.6 Å². The van der Waals surface area contributed by atoms with E-state index in [1.54, 1.807) is 11.3 Å². The first-order valence-corrected chi connectivity index (χ1v) is 7.98. The van der Waals surface area contributed by atoms with Crippen molar-refractivity contribution in [3.63, 3.8) is 0 Å². The Balaban J connectivity index is 2.16. The van der Waals surface area contributed by atoms with Crippen LogP contribution in [0.2, 0.25) is 0 Å². The van der Waals surface area contributed by atoms with E-state index in [1.807, 2.05) is 11.6 Å². The molecule has 1 fully saturated rings. The molecule has 1 aromatic rings. The Morgan fingerprint density at radius 2 is 2.21 bits per heavy atom. The molecule has 4 nitrogen and oxygen atoms in total. The molecule has 1 atom stereocenters. The van der Waals surface area contributed by atoms with Gasteiger partial charge in [-0.1, -0.05) is 6.92 Å². The van der Waals surface area contributed by atoms with Crippen LogP contribution in [0, 0.1) is 5.92 Å². The van der Waals surface area contributed by atoms with Crippen LogP contribution in [0.3, 0.4) is 0 Å². The number of nitrogens with two attached hydrogens (primary N) is 1. The van der Waals surface area contributed by atoms with Gasteiger partial charge in [-0.05, 0) is 45.7 Å². The lowest BCUT2D eigenvalue weighted by molar-refractivity contribution is 0.0434. The zero-order valence-electron chi connectivity index (χ0n) is 12.2. The Labute approximate surface area is 120 Å². The molecule has 2 rings (SSSR count). The topological polar surface area (TPSA) is 54.2 Å². The fourth-order valence-electron chi connectivity index (χ4n) is 3.30. The van der Waals surface area contributed by atoms with E-state index < -0.39 is 0 Å². The molecule has 0 saturated heterocycles. The molecule has 0 bridgehead atoms. The van der Waals surface area contributed by atoms with Crippen molar-refractivity contribution in [3.8, 4) is 0 Å². The Morgan fingerprint density at radius 3 is 2.68 bits per heavy atom. The SMILES string of the molecule is CC1CCC(C(Cc2nccs2)NN)(N(C)C)CC1. The Kier molecular flexibility index (Phi) is 4.95. The summed E-state index contributed by atoms with van der Waals surface area (Å²) < 4.78 is 0. The Hall–Kier alpha value is -0.490. The van der Waals surface area contributed by atoms with Gasteiger partial charge in [-0.2, -0.15) is 0 Å². The number of aromatic nitrogens is 1. The van der Waals surface area contributed by atoms with E-state index >= 15 is 0 Å². The molecule has 0 radical (unpaired) electrons. The van der Waals surface area contributed by atoms with Gasteiger partial charge in [-0.3, -0.25) is 11.3 Å². The molecule has 3 N–H and O–H groups in total. The van der Waals surface area contributed by atoms with Gasteiger partial charge < -0.3 is 4.90 Å². The summed E-state index contributed by atoms with van der Waals surface area (Å²) in [6, 6.07) is 0.265. The van der Waals surface area contributed by atoms with Crippen LogP contribution in [-0.4, -0.2) is 35.6 Å². The minimum atomic E-state index is 0.160. The molecule has 1 aromatic heterocycles. The largest absolute Gasteiger partial charge is 0.302 e. The Bertz CT molecular complexity index is 369. The summed E-state index contributed by atoms with van der Waals surface area (Å²) in [5.74, 6) is 6.72. The first-order chi connectivity index (χ1) is 9.08. The minimum absolute atomic E-state index is 0.160. The molecule has 0 aromatic carbocycles. The van der Waals surface area contributed by atoms with Gasteiger partial charge in [0.15, 0.2) is 0 Å². The van der Waals surface area contributed by atoms with Crippen LogP contribution in [0.5, 0.6) is 0 Å². The first kappa shape index (κ1) is 14.9. The lowest BCUT2D eigenvalue weighted by Gasteiger charge is -2.49. The van der Waals surface area contributed by atoms with Gasteiger partial charge in [0.1, 0.15) is 0 Å². The molecular formula is C14H26N4S. The predicted octanol–water partition coefficient (Wildman–Crippen LogP) is 2.03. The molecule has 1 unspecified atom stereocenters. The van der Waals surface area contributed by atoms with Gasteiger partial charge in [0.25, 0.3) is 0 Å². The van der Waals surface area contributed by atoms with Crippen molar-refractivity contribution < 1.29 is 0 Å². The van der Waals surface area contributed by atoms with Crippen LogP contribution < -0.4 is 11.3 Å². The number of hydrazine groups is 1. The molecule has 1 aliphatic carbocycles. The van der Waals surface area contributed by atoms with Gasteiger partial charge in [0.05, 0.1) is 5.01 Å². The molecule has 1 aliphatic rings. The molecule has 5 heteroatoms. The van der Waals surface area contributed by atoms with E-state index in [0.717, 1.165) is 12.3 Å². The van der Waals surface area contributed by atoms with E-state index in [0.29, 0.717) is 0 Å². The summed E-state index contributed by atoms with van der Waals surface area (Å²) >= 11 is 1.72.